The van der Waals surface area contributed by atoms with Crippen LogP contribution in [-0.2, 0) is 0 Å². The molecule has 0 atom stereocenters. The van der Waals surface area contributed by atoms with E-state index in [-0.39, 0.29) is 28.2 Å². The van der Waals surface area contributed by atoms with Gasteiger partial charge >= 0.3 is 0 Å². The van der Waals surface area contributed by atoms with Crippen LogP contribution in [0.25, 0.3) is 5.69 Å². The van der Waals surface area contributed by atoms with Crippen molar-refractivity contribution < 1.29 is 9.59 Å². The molecule has 8 nitrogen and oxygen atoms in total. The van der Waals surface area contributed by atoms with Crippen LogP contribution in [0.1, 0.15) is 33.0 Å². The number of hydrazine groups is 1. The zero-order chi connectivity index (χ0) is 19.7. The first kappa shape index (κ1) is 18.1. The van der Waals surface area contributed by atoms with E-state index in [0.717, 1.165) is 5.69 Å². The van der Waals surface area contributed by atoms with Gasteiger partial charge in [-0.3, -0.25) is 9.59 Å². The van der Waals surface area contributed by atoms with Gasteiger partial charge in [0.25, 0.3) is 11.8 Å². The van der Waals surface area contributed by atoms with Gasteiger partial charge in [-0.05, 0) is 37.6 Å². The van der Waals surface area contributed by atoms with Gasteiger partial charge in [0, 0.05) is 19.3 Å². The highest BCUT2D eigenvalue weighted by Gasteiger charge is 2.35. The van der Waals surface area contributed by atoms with Crippen molar-refractivity contribution >= 4 is 23.4 Å². The molecule has 1 saturated heterocycles. The molecule has 0 saturated carbocycles. The van der Waals surface area contributed by atoms with Gasteiger partial charge in [-0.15, -0.1) is 5.10 Å². The number of benzene rings is 1. The molecule has 0 spiro atoms. The van der Waals surface area contributed by atoms with Crippen LogP contribution in [0.5, 0.6) is 0 Å². The largest absolute Gasteiger partial charge is 0.294 e. The first-order valence-corrected chi connectivity index (χ1v) is 9.17. The van der Waals surface area contributed by atoms with E-state index in [0.29, 0.717) is 25.2 Å². The molecule has 142 valence electrons. The highest BCUT2D eigenvalue weighted by Crippen LogP contribution is 2.21. The fourth-order valence-corrected chi connectivity index (χ4v) is 3.29. The number of aryl methyl sites for hydroxylation is 1. The fraction of sp³-hybridized carbons (Fsp3) is 0.211. The molecule has 3 heterocycles. The second-order valence-electron chi connectivity index (χ2n) is 6.31. The van der Waals surface area contributed by atoms with Crippen LogP contribution >= 0.6 is 11.6 Å². The Kier molecular flexibility index (Phi) is 4.79. The van der Waals surface area contributed by atoms with Gasteiger partial charge in [0.1, 0.15) is 5.15 Å². The lowest BCUT2D eigenvalue weighted by Gasteiger charge is -2.27. The molecule has 1 fully saturated rings. The summed E-state index contributed by atoms with van der Waals surface area (Å²) in [5.41, 5.74) is 1.71. The Morgan fingerprint density at radius 2 is 1.68 bits per heavy atom. The normalized spacial score (nSPS) is 13.8. The van der Waals surface area contributed by atoms with E-state index in [4.69, 9.17) is 11.6 Å². The van der Waals surface area contributed by atoms with Crippen LogP contribution in [0.15, 0.2) is 48.7 Å². The van der Waals surface area contributed by atoms with Crippen LogP contribution in [0.2, 0.25) is 5.15 Å². The van der Waals surface area contributed by atoms with Crippen molar-refractivity contribution in [3.05, 3.63) is 70.8 Å². The van der Waals surface area contributed by atoms with Crippen molar-refractivity contribution in [1.82, 2.24) is 30.0 Å². The summed E-state index contributed by atoms with van der Waals surface area (Å²) < 4.78 is 0. The minimum atomic E-state index is -0.370. The summed E-state index contributed by atoms with van der Waals surface area (Å²) >= 11 is 6.05. The van der Waals surface area contributed by atoms with Crippen molar-refractivity contribution in [3.8, 4) is 5.69 Å². The Hall–Kier alpha value is -3.26. The van der Waals surface area contributed by atoms with E-state index in [9.17, 15) is 9.59 Å². The van der Waals surface area contributed by atoms with Gasteiger partial charge in [-0.2, -0.15) is 9.90 Å². The van der Waals surface area contributed by atoms with Gasteiger partial charge in [-0.25, -0.2) is 15.0 Å². The molecule has 1 aliphatic heterocycles. The molecule has 2 amide bonds. The van der Waals surface area contributed by atoms with E-state index in [1.807, 2.05) is 30.3 Å². The third-order valence-corrected chi connectivity index (χ3v) is 4.76. The highest BCUT2D eigenvalue weighted by atomic mass is 35.5. The van der Waals surface area contributed by atoms with Gasteiger partial charge < -0.3 is 0 Å². The van der Waals surface area contributed by atoms with Crippen molar-refractivity contribution in [2.24, 2.45) is 0 Å². The van der Waals surface area contributed by atoms with Gasteiger partial charge in [0.05, 0.1) is 16.9 Å². The standard InChI is InChI=1S/C19H17ClN6O2/c1-13-16(23-26(22-13)14-7-3-2-4-8-14)19(28)25-12-6-11-24(25)18(27)15-9-5-10-21-17(15)20/h2-5,7-10H,6,11-12H2,1H3. The second-order valence-corrected chi connectivity index (χ2v) is 6.67. The molecule has 0 radical (unpaired) electrons. The van der Waals surface area contributed by atoms with E-state index < -0.39 is 0 Å². The minimum absolute atomic E-state index is 0.109. The van der Waals surface area contributed by atoms with E-state index in [1.165, 1.54) is 21.0 Å². The fourth-order valence-electron chi connectivity index (χ4n) is 3.09. The molecule has 0 N–H and O–H groups in total. The molecule has 1 aromatic carbocycles. The minimum Gasteiger partial charge on any atom is -0.267 e. The van der Waals surface area contributed by atoms with E-state index >= 15 is 0 Å². The summed E-state index contributed by atoms with van der Waals surface area (Å²) in [6.07, 6.45) is 2.18. The predicted octanol–water partition coefficient (Wildman–Crippen LogP) is 2.53. The van der Waals surface area contributed by atoms with Crippen molar-refractivity contribution in [1.29, 1.82) is 0 Å². The van der Waals surface area contributed by atoms with E-state index in [1.54, 1.807) is 19.1 Å². The molecule has 28 heavy (non-hydrogen) atoms. The molecule has 0 unspecified atom stereocenters. The van der Waals surface area contributed by atoms with Crippen molar-refractivity contribution in [3.63, 3.8) is 0 Å². The summed E-state index contributed by atoms with van der Waals surface area (Å²) in [4.78, 5) is 31.4. The summed E-state index contributed by atoms with van der Waals surface area (Å²) in [7, 11) is 0. The van der Waals surface area contributed by atoms with Crippen molar-refractivity contribution in [2.75, 3.05) is 13.1 Å². The average molecular weight is 397 g/mol. The lowest BCUT2D eigenvalue weighted by atomic mass is 10.2. The molecule has 9 heteroatoms. The summed E-state index contributed by atoms with van der Waals surface area (Å²) in [6.45, 7) is 2.56. The molecule has 3 aromatic rings. The monoisotopic (exact) mass is 396 g/mol. The number of aromatic nitrogens is 4. The third kappa shape index (κ3) is 3.22. The molecule has 2 aromatic heterocycles. The van der Waals surface area contributed by atoms with E-state index in [2.05, 4.69) is 15.2 Å². The SMILES string of the molecule is Cc1nn(-c2ccccc2)nc1C(=O)N1CCCN1C(=O)c1cccnc1Cl. The Labute approximate surface area is 166 Å². The molecular weight excluding hydrogens is 380 g/mol. The first-order valence-electron chi connectivity index (χ1n) is 8.80. The van der Waals surface area contributed by atoms with Crippen LogP contribution in [0.3, 0.4) is 0 Å². The summed E-state index contributed by atoms with van der Waals surface area (Å²) in [5, 5.41) is 11.6. The maximum absolute atomic E-state index is 13.1. The molecule has 0 aliphatic carbocycles. The molecular formula is C19H17ClN6O2. The number of carbonyl (C=O) groups excluding carboxylic acids is 2. The summed E-state index contributed by atoms with van der Waals surface area (Å²) in [6, 6.07) is 12.6. The number of hydrogen-bond acceptors (Lipinski definition) is 5. The number of halogens is 1. The second kappa shape index (κ2) is 7.40. The summed E-state index contributed by atoms with van der Waals surface area (Å²) in [5.74, 6) is -0.734. The van der Waals surface area contributed by atoms with Crippen molar-refractivity contribution in [2.45, 2.75) is 13.3 Å². The lowest BCUT2D eigenvalue weighted by Crippen LogP contribution is -2.45. The number of pyridine rings is 1. The number of hydrogen-bond donors (Lipinski definition) is 0. The maximum Gasteiger partial charge on any atom is 0.294 e. The van der Waals surface area contributed by atoms with Gasteiger partial charge in [-0.1, -0.05) is 29.8 Å². The van der Waals surface area contributed by atoms with Crippen LogP contribution in [0, 0.1) is 6.92 Å². The molecule has 4 rings (SSSR count). The van der Waals surface area contributed by atoms with Crippen LogP contribution < -0.4 is 0 Å². The number of carbonyl (C=O) groups is 2. The van der Waals surface area contributed by atoms with Crippen LogP contribution in [-0.4, -0.2) is 54.9 Å². The Bertz CT molecular complexity index is 1040. The van der Waals surface area contributed by atoms with Gasteiger partial charge in [0.2, 0.25) is 0 Å². The van der Waals surface area contributed by atoms with Gasteiger partial charge in [0.15, 0.2) is 5.69 Å². The number of amides is 2. The number of para-hydroxylation sites is 1. The first-order chi connectivity index (χ1) is 13.6. The average Bonchev–Trinajstić information content (AvgIpc) is 3.35. The third-order valence-electron chi connectivity index (χ3n) is 4.46. The zero-order valence-corrected chi connectivity index (χ0v) is 15.9. The quantitative estimate of drug-likeness (QED) is 0.635. The Balaban J connectivity index is 1.62. The number of nitrogens with zero attached hydrogens (tertiary/aromatic N) is 6. The van der Waals surface area contributed by atoms with Crippen LogP contribution in [0.4, 0.5) is 0 Å². The zero-order valence-electron chi connectivity index (χ0n) is 15.1. The lowest BCUT2D eigenvalue weighted by molar-refractivity contribution is 0.0181. The Morgan fingerprint density at radius 1 is 0.964 bits per heavy atom. The maximum atomic E-state index is 13.1. The number of rotatable bonds is 3. The highest BCUT2D eigenvalue weighted by molar-refractivity contribution is 6.32. The topological polar surface area (TPSA) is 84.2 Å². The Morgan fingerprint density at radius 3 is 2.39 bits per heavy atom. The molecule has 1 aliphatic rings. The predicted molar refractivity (Wildman–Crippen MR) is 102 cm³/mol. The smallest absolute Gasteiger partial charge is 0.267 e. The molecule has 0 bridgehead atoms.